The highest BCUT2D eigenvalue weighted by molar-refractivity contribution is 7.90. The fourth-order valence-corrected chi connectivity index (χ4v) is 3.37. The van der Waals surface area contributed by atoms with E-state index in [4.69, 9.17) is 9.15 Å². The van der Waals surface area contributed by atoms with E-state index in [0.29, 0.717) is 12.1 Å². The average Bonchev–Trinajstić information content (AvgIpc) is 2.59. The second kappa shape index (κ2) is 9.71. The number of benzene rings is 1. The van der Waals surface area contributed by atoms with Gasteiger partial charge in [-0.15, -0.1) is 0 Å². The third-order valence-corrected chi connectivity index (χ3v) is 5.34. The van der Waals surface area contributed by atoms with Gasteiger partial charge in [0.05, 0.1) is 22.4 Å². The van der Waals surface area contributed by atoms with Gasteiger partial charge >= 0.3 is 11.7 Å². The summed E-state index contributed by atoms with van der Waals surface area (Å²) < 4.78 is 33.6. The van der Waals surface area contributed by atoms with Crippen molar-refractivity contribution in [2.24, 2.45) is 0 Å². The highest BCUT2D eigenvalue weighted by atomic mass is 32.2. The molecule has 26 heavy (non-hydrogen) atoms. The van der Waals surface area contributed by atoms with Crippen LogP contribution in [0.2, 0.25) is 0 Å². The summed E-state index contributed by atoms with van der Waals surface area (Å²) in [6.07, 6.45) is 10.5. The van der Waals surface area contributed by atoms with E-state index in [-0.39, 0.29) is 16.4 Å². The third-order valence-electron chi connectivity index (χ3n) is 4.23. The van der Waals surface area contributed by atoms with Crippen LogP contribution in [0.25, 0.3) is 10.9 Å². The first-order valence-electron chi connectivity index (χ1n) is 9.19. The van der Waals surface area contributed by atoms with E-state index in [0.717, 1.165) is 19.1 Å². The maximum Gasteiger partial charge on any atom is 0.397 e. The Morgan fingerprint density at radius 2 is 1.69 bits per heavy atom. The fourth-order valence-electron chi connectivity index (χ4n) is 2.72. The van der Waals surface area contributed by atoms with Crippen LogP contribution in [0.5, 0.6) is 6.08 Å². The van der Waals surface area contributed by atoms with Crippen LogP contribution in [0.1, 0.15) is 58.3 Å². The minimum absolute atomic E-state index is 0.0618. The Kier molecular flexibility index (Phi) is 7.63. The van der Waals surface area contributed by atoms with Crippen LogP contribution in [-0.4, -0.2) is 26.3 Å². The molecule has 0 fully saturated rings. The van der Waals surface area contributed by atoms with Gasteiger partial charge in [-0.3, -0.25) is 0 Å². The zero-order chi connectivity index (χ0) is 19.0. The lowest BCUT2D eigenvalue weighted by Crippen LogP contribution is -2.07. The van der Waals surface area contributed by atoms with Gasteiger partial charge in [0.1, 0.15) is 0 Å². The maximum atomic E-state index is 12.1. The van der Waals surface area contributed by atoms with Crippen molar-refractivity contribution in [3.63, 3.8) is 0 Å². The van der Waals surface area contributed by atoms with Crippen molar-refractivity contribution >= 4 is 20.7 Å². The summed E-state index contributed by atoms with van der Waals surface area (Å²) in [7, 11) is -3.39. The molecule has 2 rings (SSSR count). The number of rotatable bonds is 11. The van der Waals surface area contributed by atoms with Crippen molar-refractivity contribution < 1.29 is 17.6 Å². The monoisotopic (exact) mass is 381 g/mol. The molecule has 0 aliphatic carbocycles. The van der Waals surface area contributed by atoms with E-state index in [2.05, 4.69) is 11.9 Å². The van der Waals surface area contributed by atoms with Crippen LogP contribution in [0, 0.1) is 0 Å². The first-order chi connectivity index (χ1) is 12.4. The van der Waals surface area contributed by atoms with Gasteiger partial charge in [0, 0.05) is 6.26 Å². The van der Waals surface area contributed by atoms with E-state index in [1.54, 1.807) is 0 Å². The Balaban J connectivity index is 1.86. The molecule has 0 spiro atoms. The molecule has 7 heteroatoms. The number of hydrogen-bond acceptors (Lipinski definition) is 6. The lowest BCUT2D eigenvalue weighted by molar-refractivity contribution is 0.211. The van der Waals surface area contributed by atoms with Crippen molar-refractivity contribution in [1.29, 1.82) is 0 Å². The standard InChI is InChI=1S/C19H27NO5S/c1-3-4-5-6-7-8-9-10-13-24-19-20-17-12-11-15(26(2,22)23)14-16(17)18(21)25-19/h11-12,14H,3-10,13H2,1-2H3. The summed E-state index contributed by atoms with van der Waals surface area (Å²) in [4.78, 5) is 16.3. The lowest BCUT2D eigenvalue weighted by Gasteiger charge is -2.05. The molecule has 2 aromatic rings. The van der Waals surface area contributed by atoms with Crippen LogP contribution in [0.3, 0.4) is 0 Å². The maximum absolute atomic E-state index is 12.1. The molecule has 0 radical (unpaired) electrons. The topological polar surface area (TPSA) is 86.5 Å². The minimum Gasteiger partial charge on any atom is -0.450 e. The molecule has 0 amide bonds. The number of nitrogens with zero attached hydrogens (tertiary/aromatic N) is 1. The van der Waals surface area contributed by atoms with Gasteiger partial charge in [-0.25, -0.2) is 13.2 Å². The number of hydrogen-bond donors (Lipinski definition) is 0. The van der Waals surface area contributed by atoms with E-state index in [9.17, 15) is 13.2 Å². The van der Waals surface area contributed by atoms with Crippen LogP contribution in [-0.2, 0) is 9.84 Å². The first-order valence-corrected chi connectivity index (χ1v) is 11.1. The SMILES string of the molecule is CCCCCCCCCCOc1nc2ccc(S(C)(=O)=O)cc2c(=O)o1. The molecular formula is C19H27NO5S. The Bertz CT molecular complexity index is 873. The van der Waals surface area contributed by atoms with E-state index < -0.39 is 15.5 Å². The fraction of sp³-hybridized carbons (Fsp3) is 0.579. The lowest BCUT2D eigenvalue weighted by atomic mass is 10.1. The number of ether oxygens (including phenoxy) is 1. The quantitative estimate of drug-likeness (QED) is 0.544. The Morgan fingerprint density at radius 3 is 2.35 bits per heavy atom. The Morgan fingerprint density at radius 1 is 1.04 bits per heavy atom. The van der Waals surface area contributed by atoms with Crippen molar-refractivity contribution in [1.82, 2.24) is 4.98 Å². The van der Waals surface area contributed by atoms with Crippen molar-refractivity contribution in [3.05, 3.63) is 28.6 Å². The van der Waals surface area contributed by atoms with Gasteiger partial charge in [-0.1, -0.05) is 51.9 Å². The van der Waals surface area contributed by atoms with E-state index in [1.165, 1.54) is 56.7 Å². The zero-order valence-electron chi connectivity index (χ0n) is 15.5. The molecule has 6 nitrogen and oxygen atoms in total. The molecule has 1 aromatic carbocycles. The molecule has 0 N–H and O–H groups in total. The highest BCUT2D eigenvalue weighted by Gasteiger charge is 2.12. The van der Waals surface area contributed by atoms with Gasteiger partial charge < -0.3 is 9.15 Å². The molecule has 0 saturated carbocycles. The summed E-state index contributed by atoms with van der Waals surface area (Å²) >= 11 is 0. The van der Waals surface area contributed by atoms with E-state index in [1.807, 2.05) is 0 Å². The van der Waals surface area contributed by atoms with Gasteiger partial charge in [-0.05, 0) is 24.6 Å². The molecular weight excluding hydrogens is 354 g/mol. The predicted molar refractivity (Wildman–Crippen MR) is 101 cm³/mol. The summed E-state index contributed by atoms with van der Waals surface area (Å²) in [5, 5.41) is 0.132. The van der Waals surface area contributed by atoms with E-state index >= 15 is 0 Å². The second-order valence-corrected chi connectivity index (χ2v) is 8.56. The third kappa shape index (κ3) is 6.12. The molecule has 0 aliphatic rings. The smallest absolute Gasteiger partial charge is 0.397 e. The van der Waals surface area contributed by atoms with Crippen molar-refractivity contribution in [2.45, 2.75) is 63.2 Å². The Labute approximate surface area is 154 Å². The van der Waals surface area contributed by atoms with Gasteiger partial charge in [-0.2, -0.15) is 4.98 Å². The molecule has 0 unspecified atom stereocenters. The van der Waals surface area contributed by atoms with Crippen LogP contribution >= 0.6 is 0 Å². The number of sulfone groups is 1. The van der Waals surface area contributed by atoms with Crippen LogP contribution in [0.15, 0.2) is 32.3 Å². The average molecular weight is 381 g/mol. The summed E-state index contributed by atoms with van der Waals surface area (Å²) in [6, 6.07) is 4.20. The summed E-state index contributed by atoms with van der Waals surface area (Å²) in [5.41, 5.74) is -0.286. The van der Waals surface area contributed by atoms with Crippen LogP contribution in [0.4, 0.5) is 0 Å². The van der Waals surface area contributed by atoms with Crippen LogP contribution < -0.4 is 10.4 Å². The molecule has 0 saturated heterocycles. The summed E-state index contributed by atoms with van der Waals surface area (Å²) in [6.45, 7) is 2.65. The molecule has 1 heterocycles. The van der Waals surface area contributed by atoms with Gasteiger partial charge in [0.25, 0.3) is 0 Å². The highest BCUT2D eigenvalue weighted by Crippen LogP contribution is 2.18. The molecule has 0 atom stereocenters. The number of fused-ring (bicyclic) bond motifs is 1. The van der Waals surface area contributed by atoms with Crippen molar-refractivity contribution in [2.75, 3.05) is 12.9 Å². The molecule has 144 valence electrons. The van der Waals surface area contributed by atoms with Gasteiger partial charge in [0.2, 0.25) is 0 Å². The zero-order valence-corrected chi connectivity index (χ0v) is 16.3. The summed E-state index contributed by atoms with van der Waals surface area (Å²) in [5.74, 6) is 0. The number of aromatic nitrogens is 1. The first kappa shape index (κ1) is 20.4. The molecule has 1 aromatic heterocycles. The Hall–Kier alpha value is -1.89. The molecule has 0 bridgehead atoms. The second-order valence-electron chi connectivity index (χ2n) is 6.54. The number of unbranched alkanes of at least 4 members (excludes halogenated alkanes) is 7. The largest absolute Gasteiger partial charge is 0.450 e. The van der Waals surface area contributed by atoms with Gasteiger partial charge in [0.15, 0.2) is 9.84 Å². The van der Waals surface area contributed by atoms with Crippen molar-refractivity contribution in [3.8, 4) is 6.08 Å². The molecule has 0 aliphatic heterocycles. The normalized spacial score (nSPS) is 11.8. The predicted octanol–water partition coefficient (Wildman–Crippen LogP) is 4.11. The minimum atomic E-state index is -3.39.